The van der Waals surface area contributed by atoms with Crippen LogP contribution in [0.15, 0.2) is 90.4 Å². The Morgan fingerprint density at radius 1 is 1.06 bits per heavy atom. The first-order chi connectivity index (χ1) is 22.5. The van der Waals surface area contributed by atoms with E-state index in [1.165, 1.54) is 12.3 Å². The van der Waals surface area contributed by atoms with Crippen molar-refractivity contribution in [2.75, 3.05) is 10.6 Å². The van der Waals surface area contributed by atoms with Gasteiger partial charge in [0.15, 0.2) is 6.29 Å². The molecular formula is C35H44N6O6. The van der Waals surface area contributed by atoms with Crippen molar-refractivity contribution in [3.05, 3.63) is 96.6 Å². The Hall–Kier alpha value is -4.62. The third-order valence-electron chi connectivity index (χ3n) is 8.12. The van der Waals surface area contributed by atoms with E-state index in [0.29, 0.717) is 41.3 Å². The molecule has 1 aromatic heterocycles. The molecule has 1 fully saturated rings. The van der Waals surface area contributed by atoms with Gasteiger partial charge >= 0.3 is 0 Å². The van der Waals surface area contributed by atoms with E-state index in [-0.39, 0.29) is 35.9 Å². The van der Waals surface area contributed by atoms with Crippen molar-refractivity contribution < 1.29 is 29.3 Å². The lowest BCUT2D eigenvalue weighted by molar-refractivity contribution is -0.202. The molecule has 0 spiro atoms. The smallest absolute Gasteiger partial charge is 0.274 e. The van der Waals surface area contributed by atoms with Gasteiger partial charge in [0.25, 0.3) is 17.7 Å². The van der Waals surface area contributed by atoms with Gasteiger partial charge in [-0.05, 0) is 68.0 Å². The summed E-state index contributed by atoms with van der Waals surface area (Å²) in [7, 11) is 1.72. The highest BCUT2D eigenvalue weighted by Gasteiger charge is 2.34. The Bertz CT molecular complexity index is 1570. The second-order valence-corrected chi connectivity index (χ2v) is 11.9. The molecule has 1 aliphatic heterocycles. The van der Waals surface area contributed by atoms with Crippen LogP contribution in [0.5, 0.6) is 0 Å². The van der Waals surface area contributed by atoms with Crippen molar-refractivity contribution in [1.29, 1.82) is 0 Å². The Labute approximate surface area is 275 Å². The summed E-state index contributed by atoms with van der Waals surface area (Å²) in [5, 5.41) is 32.0. The molecule has 12 heteroatoms. The molecule has 2 heterocycles. The number of ether oxygens (including phenoxy) is 1. The molecule has 0 bridgehead atoms. The number of hydrogen-bond donors (Lipinski definition) is 6. The topological polar surface area (TPSA) is 166 Å². The van der Waals surface area contributed by atoms with E-state index in [1.54, 1.807) is 49.0 Å². The van der Waals surface area contributed by atoms with Crippen LogP contribution >= 0.6 is 0 Å². The summed E-state index contributed by atoms with van der Waals surface area (Å²) in [6.07, 6.45) is 8.07. The summed E-state index contributed by atoms with van der Waals surface area (Å²) in [4.78, 5) is 43.1. The summed E-state index contributed by atoms with van der Waals surface area (Å²) in [5.41, 5.74) is 3.43. The average Bonchev–Trinajstić information content (AvgIpc) is 3.39. The van der Waals surface area contributed by atoms with Crippen LogP contribution in [-0.2, 0) is 27.9 Å². The van der Waals surface area contributed by atoms with Crippen LogP contribution in [0.4, 0.5) is 11.4 Å². The molecule has 3 amide bonds. The van der Waals surface area contributed by atoms with Crippen molar-refractivity contribution in [3.8, 4) is 0 Å². The number of aryl methyl sites for hydroxylation is 1. The van der Waals surface area contributed by atoms with E-state index in [9.17, 15) is 24.6 Å². The molecule has 0 saturated carbocycles. The third kappa shape index (κ3) is 9.69. The number of rotatable bonds is 11. The van der Waals surface area contributed by atoms with E-state index in [4.69, 9.17) is 4.74 Å². The van der Waals surface area contributed by atoms with Crippen LogP contribution < -0.4 is 21.3 Å². The molecule has 250 valence electrons. The maximum absolute atomic E-state index is 13.4. The fourth-order valence-electron chi connectivity index (χ4n) is 5.54. The predicted molar refractivity (Wildman–Crippen MR) is 181 cm³/mol. The van der Waals surface area contributed by atoms with Gasteiger partial charge in [-0.25, -0.2) is 0 Å². The third-order valence-corrected chi connectivity index (χ3v) is 8.12. The first-order valence-electron chi connectivity index (χ1n) is 15.6. The minimum absolute atomic E-state index is 0.112. The number of aliphatic hydroxyl groups excluding tert-OH is 2. The number of nitrogens with one attached hydrogen (secondary N) is 4. The zero-order valence-corrected chi connectivity index (χ0v) is 27.0. The molecule has 2 aliphatic rings. The Kier molecular flexibility index (Phi) is 12.2. The zero-order chi connectivity index (χ0) is 34.1. The number of carbonyl (C=O) groups excluding carboxylic acids is 3. The van der Waals surface area contributed by atoms with Crippen molar-refractivity contribution in [1.82, 2.24) is 15.2 Å². The fraction of sp³-hybridized carbons (Fsp3) is 0.371. The number of anilines is 2. The number of aliphatic hydroxyl groups is 2. The average molecular weight is 645 g/mol. The molecule has 6 N–H and O–H groups in total. The van der Waals surface area contributed by atoms with Crippen LogP contribution in [0.3, 0.4) is 0 Å². The lowest BCUT2D eigenvalue weighted by atomic mass is 9.93. The van der Waals surface area contributed by atoms with Gasteiger partial charge < -0.3 is 40.8 Å². The van der Waals surface area contributed by atoms with Gasteiger partial charge in [-0.2, -0.15) is 0 Å². The molecule has 47 heavy (non-hydrogen) atoms. The summed E-state index contributed by atoms with van der Waals surface area (Å²) >= 11 is 0. The molecule has 1 aliphatic carbocycles. The number of nitrogens with zero attached hydrogens (tertiary/aromatic N) is 2. The minimum Gasteiger partial charge on any atom is -0.389 e. The number of aromatic nitrogens is 1. The highest BCUT2D eigenvalue weighted by molar-refractivity contribution is 6.43. The molecule has 0 radical (unpaired) electrons. The molecule has 1 aromatic carbocycles. The quantitative estimate of drug-likeness (QED) is 0.203. The lowest BCUT2D eigenvalue weighted by Gasteiger charge is -2.36. The van der Waals surface area contributed by atoms with Gasteiger partial charge in [-0.15, -0.1) is 0 Å². The summed E-state index contributed by atoms with van der Waals surface area (Å²) in [6.45, 7) is 11.4. The van der Waals surface area contributed by atoms with Gasteiger partial charge in [0.1, 0.15) is 11.4 Å². The van der Waals surface area contributed by atoms with Crippen LogP contribution in [0.2, 0.25) is 0 Å². The fourth-order valence-corrected chi connectivity index (χ4v) is 5.54. The maximum atomic E-state index is 13.4. The molecule has 5 atom stereocenters. The van der Waals surface area contributed by atoms with Gasteiger partial charge in [0.05, 0.1) is 17.9 Å². The first kappa shape index (κ1) is 35.2. The second kappa shape index (κ2) is 16.3. The standard InChI is InChI=1S/C35H44N6O6/c1-6-28(36-7-2)34(45)39-26-10-8-9-21(3)15-24(16-26)33(44)40-27-17-30(41(5)20-27)35(46)38-25-13-11-23(12-14-25)19-37-29-18-31(42)47-22(4)32(29)43/h6-7,10-14,16-17,20-22,29,31-32,37,42-43H,1-2,8-9,15,18-19H2,3-5H3,(H,38,46)(H,39,45)(H,40,44). The van der Waals surface area contributed by atoms with Gasteiger partial charge in [0.2, 0.25) is 0 Å². The number of benzene rings is 1. The van der Waals surface area contributed by atoms with E-state index in [1.807, 2.05) is 18.2 Å². The van der Waals surface area contributed by atoms with Crippen molar-refractivity contribution in [2.45, 2.75) is 70.6 Å². The SMILES string of the molecule is C=CN=C(C=C)C(=O)NC1=CCCC(C)CC(C(=O)Nc2cc(C(=O)Nc3ccc(CNC4CC(O)OC(C)C4O)cc3)n(C)c2)=C1. The first-order valence-corrected chi connectivity index (χ1v) is 15.6. The van der Waals surface area contributed by atoms with Crippen LogP contribution in [-0.4, -0.2) is 62.8 Å². The van der Waals surface area contributed by atoms with Crippen molar-refractivity contribution in [3.63, 3.8) is 0 Å². The van der Waals surface area contributed by atoms with Gasteiger partial charge in [-0.1, -0.05) is 38.3 Å². The number of amides is 3. The predicted octanol–water partition coefficient (Wildman–Crippen LogP) is 3.68. The number of carbonyl (C=O) groups is 3. The lowest BCUT2D eigenvalue weighted by Crippen LogP contribution is -2.53. The van der Waals surface area contributed by atoms with E-state index in [0.717, 1.165) is 18.4 Å². The van der Waals surface area contributed by atoms with E-state index >= 15 is 0 Å². The van der Waals surface area contributed by atoms with Crippen LogP contribution in [0, 0.1) is 5.92 Å². The van der Waals surface area contributed by atoms with Crippen LogP contribution in [0.1, 0.15) is 55.6 Å². The zero-order valence-electron chi connectivity index (χ0n) is 27.0. The molecule has 4 rings (SSSR count). The highest BCUT2D eigenvalue weighted by Crippen LogP contribution is 2.24. The van der Waals surface area contributed by atoms with Gasteiger partial charge in [0, 0.05) is 55.4 Å². The molecule has 12 nitrogen and oxygen atoms in total. The largest absolute Gasteiger partial charge is 0.389 e. The van der Waals surface area contributed by atoms with Crippen LogP contribution in [0.25, 0.3) is 0 Å². The summed E-state index contributed by atoms with van der Waals surface area (Å²) < 4.78 is 6.88. The molecular weight excluding hydrogens is 600 g/mol. The van der Waals surface area contributed by atoms with Gasteiger partial charge in [-0.3, -0.25) is 19.4 Å². The normalized spacial score (nSPS) is 23.3. The Morgan fingerprint density at radius 2 is 1.79 bits per heavy atom. The minimum atomic E-state index is -0.921. The van der Waals surface area contributed by atoms with Crippen molar-refractivity contribution in [2.24, 2.45) is 18.0 Å². The molecule has 2 aromatic rings. The van der Waals surface area contributed by atoms with E-state index in [2.05, 4.69) is 46.3 Å². The molecule has 1 saturated heterocycles. The van der Waals surface area contributed by atoms with Crippen molar-refractivity contribution >= 4 is 34.8 Å². The number of aliphatic imine (C=N–C) groups is 1. The Morgan fingerprint density at radius 3 is 2.49 bits per heavy atom. The second-order valence-electron chi connectivity index (χ2n) is 11.9. The number of allylic oxidation sites excluding steroid dienone is 2. The monoisotopic (exact) mass is 644 g/mol. The summed E-state index contributed by atoms with van der Waals surface area (Å²) in [6, 6.07) is 8.60. The molecule has 5 unspecified atom stereocenters. The highest BCUT2D eigenvalue weighted by atomic mass is 16.6. The summed E-state index contributed by atoms with van der Waals surface area (Å²) in [5.74, 6) is -0.887. The Balaban J connectivity index is 1.38. The maximum Gasteiger partial charge on any atom is 0.274 e. The number of hydrogen-bond acceptors (Lipinski definition) is 8. The van der Waals surface area contributed by atoms with E-state index < -0.39 is 24.4 Å².